The second-order valence-electron chi connectivity index (χ2n) is 5.81. The predicted molar refractivity (Wildman–Crippen MR) is 83.4 cm³/mol. The van der Waals surface area contributed by atoms with Gasteiger partial charge in [0.25, 0.3) is 5.82 Å². The molecule has 9 heteroatoms. The molecule has 3 aromatic rings. The molecule has 2 aromatic heterocycles. The van der Waals surface area contributed by atoms with E-state index in [9.17, 15) is 13.6 Å². The van der Waals surface area contributed by atoms with Crippen molar-refractivity contribution >= 4 is 17.4 Å². The lowest BCUT2D eigenvalue weighted by Gasteiger charge is -2.26. The first-order valence-electron chi connectivity index (χ1n) is 7.72. The molecular formula is C16H13F2N5O2. The molecule has 1 fully saturated rings. The molecule has 25 heavy (non-hydrogen) atoms. The Morgan fingerprint density at radius 1 is 1.20 bits per heavy atom. The van der Waals surface area contributed by atoms with Crippen molar-refractivity contribution in [3.05, 3.63) is 53.4 Å². The minimum Gasteiger partial charge on any atom is -0.475 e. The number of benzene rings is 1. The molecule has 1 aliphatic heterocycles. The minimum absolute atomic E-state index is 0.265. The third-order valence-corrected chi connectivity index (χ3v) is 4.30. The number of carboxylic acids is 1. The van der Waals surface area contributed by atoms with Gasteiger partial charge in [-0.15, -0.1) is 15.3 Å². The Balaban J connectivity index is 1.77. The summed E-state index contributed by atoms with van der Waals surface area (Å²) in [4.78, 5) is 13.0. The lowest BCUT2D eigenvalue weighted by Crippen LogP contribution is -2.25. The number of hydrogen-bond acceptors (Lipinski definition) is 5. The number of aromatic carboxylic acids is 1. The highest BCUT2D eigenvalue weighted by Crippen LogP contribution is 2.36. The fourth-order valence-electron chi connectivity index (χ4n) is 3.20. The average Bonchev–Trinajstić information content (AvgIpc) is 3.22. The Labute approximate surface area is 140 Å². The second kappa shape index (κ2) is 5.76. The smallest absolute Gasteiger partial charge is 0.375 e. The number of hydrogen-bond donors (Lipinski definition) is 1. The molecule has 0 saturated carbocycles. The van der Waals surface area contributed by atoms with Crippen LogP contribution in [0, 0.1) is 11.6 Å². The zero-order valence-electron chi connectivity index (χ0n) is 12.9. The third kappa shape index (κ3) is 2.57. The molecule has 1 aromatic carbocycles. The summed E-state index contributed by atoms with van der Waals surface area (Å²) < 4.78 is 28.9. The fraction of sp³-hybridized carbons (Fsp3) is 0.250. The van der Waals surface area contributed by atoms with Gasteiger partial charge < -0.3 is 10.0 Å². The van der Waals surface area contributed by atoms with Crippen molar-refractivity contribution in [2.24, 2.45) is 0 Å². The van der Waals surface area contributed by atoms with Gasteiger partial charge in [0.05, 0.1) is 6.04 Å². The number of aromatic nitrogens is 4. The highest BCUT2D eigenvalue weighted by Gasteiger charge is 2.30. The van der Waals surface area contributed by atoms with Crippen LogP contribution in [0.2, 0.25) is 0 Å². The maximum atomic E-state index is 14.2. The lowest BCUT2D eigenvalue weighted by atomic mass is 10.0. The van der Waals surface area contributed by atoms with E-state index < -0.39 is 17.6 Å². The SMILES string of the molecule is O=C(O)c1nnc2ccc(N3CCCC3c3cc(F)ccc3F)nn12. The summed E-state index contributed by atoms with van der Waals surface area (Å²) in [6.45, 7) is 0.601. The van der Waals surface area contributed by atoms with Gasteiger partial charge in [-0.05, 0) is 43.2 Å². The first kappa shape index (κ1) is 15.4. The zero-order chi connectivity index (χ0) is 17.6. The van der Waals surface area contributed by atoms with Crippen molar-refractivity contribution < 1.29 is 18.7 Å². The monoisotopic (exact) mass is 345 g/mol. The molecule has 128 valence electrons. The summed E-state index contributed by atoms with van der Waals surface area (Å²) >= 11 is 0. The Kier molecular flexibility index (Phi) is 3.56. The van der Waals surface area contributed by atoms with Gasteiger partial charge in [0, 0.05) is 12.1 Å². The van der Waals surface area contributed by atoms with Crippen molar-refractivity contribution in [2.45, 2.75) is 18.9 Å². The van der Waals surface area contributed by atoms with Crippen LogP contribution in [0.15, 0.2) is 30.3 Å². The van der Waals surface area contributed by atoms with Gasteiger partial charge in [0.1, 0.15) is 17.5 Å². The van der Waals surface area contributed by atoms with Crippen LogP contribution in [0.5, 0.6) is 0 Å². The number of carboxylic acid groups (broad SMARTS) is 1. The van der Waals surface area contributed by atoms with Gasteiger partial charge in [0.15, 0.2) is 5.65 Å². The van der Waals surface area contributed by atoms with Crippen molar-refractivity contribution in [2.75, 3.05) is 11.4 Å². The number of halogens is 2. The van der Waals surface area contributed by atoms with E-state index in [1.807, 2.05) is 4.90 Å². The lowest BCUT2D eigenvalue weighted by molar-refractivity contribution is 0.0680. The Morgan fingerprint density at radius 2 is 2.04 bits per heavy atom. The number of anilines is 1. The normalized spacial score (nSPS) is 17.4. The first-order chi connectivity index (χ1) is 12.0. The van der Waals surface area contributed by atoms with E-state index in [-0.39, 0.29) is 17.4 Å². The van der Waals surface area contributed by atoms with Gasteiger partial charge in [-0.3, -0.25) is 0 Å². The highest BCUT2D eigenvalue weighted by molar-refractivity contribution is 5.84. The van der Waals surface area contributed by atoms with Crippen LogP contribution < -0.4 is 4.90 Å². The number of nitrogens with zero attached hydrogens (tertiary/aromatic N) is 5. The van der Waals surface area contributed by atoms with E-state index in [1.165, 1.54) is 6.07 Å². The van der Waals surface area contributed by atoms with Gasteiger partial charge in [-0.1, -0.05) is 0 Å². The van der Waals surface area contributed by atoms with Crippen LogP contribution in [0.3, 0.4) is 0 Å². The predicted octanol–water partition coefficient (Wildman–Crippen LogP) is 2.44. The molecule has 1 atom stereocenters. The third-order valence-electron chi connectivity index (χ3n) is 4.30. The van der Waals surface area contributed by atoms with E-state index in [0.29, 0.717) is 24.4 Å². The minimum atomic E-state index is -1.24. The summed E-state index contributed by atoms with van der Waals surface area (Å²) in [5.41, 5.74) is 0.565. The molecule has 0 amide bonds. The van der Waals surface area contributed by atoms with Crippen LogP contribution >= 0.6 is 0 Å². The van der Waals surface area contributed by atoms with Crippen molar-refractivity contribution in [1.29, 1.82) is 0 Å². The Morgan fingerprint density at radius 3 is 2.84 bits per heavy atom. The van der Waals surface area contributed by atoms with Gasteiger partial charge in [0.2, 0.25) is 0 Å². The van der Waals surface area contributed by atoms with Crippen LogP contribution in [0.25, 0.3) is 5.65 Å². The molecule has 4 rings (SSSR count). The van der Waals surface area contributed by atoms with E-state index >= 15 is 0 Å². The standard InChI is InChI=1S/C16H13F2N5O2/c17-9-3-4-11(18)10(8-9)12-2-1-7-22(12)14-6-5-13-19-20-15(16(24)25)23(13)21-14/h3-6,8,12H,1-2,7H2,(H,24,25). The molecule has 7 nitrogen and oxygen atoms in total. The molecular weight excluding hydrogens is 332 g/mol. The summed E-state index contributed by atoms with van der Waals surface area (Å²) in [7, 11) is 0. The molecule has 3 heterocycles. The fourth-order valence-corrected chi connectivity index (χ4v) is 3.20. The average molecular weight is 345 g/mol. The summed E-state index contributed by atoms with van der Waals surface area (Å²) in [5.74, 6) is -2.06. The largest absolute Gasteiger partial charge is 0.475 e. The number of fused-ring (bicyclic) bond motifs is 1. The molecule has 1 unspecified atom stereocenters. The number of rotatable bonds is 3. The van der Waals surface area contributed by atoms with Gasteiger partial charge >= 0.3 is 5.97 Å². The maximum absolute atomic E-state index is 14.2. The van der Waals surface area contributed by atoms with E-state index in [0.717, 1.165) is 23.1 Å². The molecule has 0 bridgehead atoms. The summed E-state index contributed by atoms with van der Waals surface area (Å²) in [5, 5.41) is 20.8. The van der Waals surface area contributed by atoms with Gasteiger partial charge in [-0.2, -0.15) is 4.52 Å². The molecule has 0 spiro atoms. The number of carbonyl (C=O) groups is 1. The van der Waals surface area contributed by atoms with Crippen LogP contribution in [0.4, 0.5) is 14.6 Å². The van der Waals surface area contributed by atoms with Crippen LogP contribution in [-0.2, 0) is 0 Å². The topological polar surface area (TPSA) is 83.6 Å². The molecule has 1 N–H and O–H groups in total. The van der Waals surface area contributed by atoms with Crippen LogP contribution in [-0.4, -0.2) is 37.4 Å². The molecule has 1 aliphatic rings. The van der Waals surface area contributed by atoms with E-state index in [2.05, 4.69) is 15.3 Å². The van der Waals surface area contributed by atoms with Crippen LogP contribution in [0.1, 0.15) is 35.1 Å². The van der Waals surface area contributed by atoms with Gasteiger partial charge in [-0.25, -0.2) is 13.6 Å². The Hall–Kier alpha value is -3.10. The van der Waals surface area contributed by atoms with E-state index in [1.54, 1.807) is 12.1 Å². The Bertz CT molecular complexity index is 974. The quantitative estimate of drug-likeness (QED) is 0.785. The molecule has 1 saturated heterocycles. The summed E-state index contributed by atoms with van der Waals surface area (Å²) in [6, 6.07) is 6.28. The first-order valence-corrected chi connectivity index (χ1v) is 7.72. The van der Waals surface area contributed by atoms with Crippen molar-refractivity contribution in [3.63, 3.8) is 0 Å². The molecule has 0 aliphatic carbocycles. The van der Waals surface area contributed by atoms with Crippen molar-refractivity contribution in [1.82, 2.24) is 19.8 Å². The highest BCUT2D eigenvalue weighted by atomic mass is 19.1. The second-order valence-corrected chi connectivity index (χ2v) is 5.81. The molecule has 0 radical (unpaired) electrons. The zero-order valence-corrected chi connectivity index (χ0v) is 12.9. The summed E-state index contributed by atoms with van der Waals surface area (Å²) in [6.07, 6.45) is 1.43. The van der Waals surface area contributed by atoms with Crippen molar-refractivity contribution in [3.8, 4) is 0 Å². The maximum Gasteiger partial charge on any atom is 0.375 e. The van der Waals surface area contributed by atoms with E-state index in [4.69, 9.17) is 5.11 Å².